The van der Waals surface area contributed by atoms with Gasteiger partial charge in [0.2, 0.25) is 11.7 Å². The molecule has 0 saturated heterocycles. The fourth-order valence-electron chi connectivity index (χ4n) is 3.05. The summed E-state index contributed by atoms with van der Waals surface area (Å²) in [5.74, 6) is 0.348. The zero-order chi connectivity index (χ0) is 20.1. The van der Waals surface area contributed by atoms with Gasteiger partial charge in [-0.2, -0.15) is 5.10 Å². The van der Waals surface area contributed by atoms with Crippen molar-refractivity contribution < 1.29 is 14.3 Å². The maximum atomic E-state index is 12.3. The Kier molecular flexibility index (Phi) is 6.26. The minimum atomic E-state index is -0.248. The zero-order valence-corrected chi connectivity index (χ0v) is 16.5. The van der Waals surface area contributed by atoms with Gasteiger partial charge < -0.3 is 14.8 Å². The summed E-state index contributed by atoms with van der Waals surface area (Å²) in [6.07, 6.45) is 3.20. The number of amides is 1. The first-order valence-electron chi connectivity index (χ1n) is 9.58. The van der Waals surface area contributed by atoms with E-state index in [0.29, 0.717) is 12.4 Å². The van der Waals surface area contributed by atoms with Crippen LogP contribution in [0.1, 0.15) is 42.9 Å². The number of aliphatic hydroxyl groups is 1. The van der Waals surface area contributed by atoms with E-state index in [4.69, 9.17) is 9.52 Å². The van der Waals surface area contributed by atoms with Crippen LogP contribution in [0, 0.1) is 6.92 Å². The topological polar surface area (TPSA) is 93.2 Å². The Balaban J connectivity index is 1.82. The number of nitrogens with one attached hydrogen (secondary N) is 1. The first kappa shape index (κ1) is 19.8. The normalized spacial score (nSPS) is 11.2. The molecule has 1 aromatic carbocycles. The number of aromatic nitrogens is 3. The van der Waals surface area contributed by atoms with Gasteiger partial charge in [-0.15, -0.1) is 0 Å². The molecule has 28 heavy (non-hydrogen) atoms. The smallest absolute Gasteiger partial charge is 0.288 e. The molecule has 2 N–H and O–H groups in total. The number of rotatable bonds is 8. The van der Waals surface area contributed by atoms with Crippen molar-refractivity contribution in [2.24, 2.45) is 0 Å². The summed E-state index contributed by atoms with van der Waals surface area (Å²) in [7, 11) is 0. The van der Waals surface area contributed by atoms with Crippen LogP contribution in [0.25, 0.3) is 22.7 Å². The minimum Gasteiger partial charge on any atom is -0.431 e. The molecule has 0 aliphatic carbocycles. The van der Waals surface area contributed by atoms with Crippen molar-refractivity contribution in [1.29, 1.82) is 0 Å². The maximum absolute atomic E-state index is 12.3. The first-order chi connectivity index (χ1) is 13.5. The molecule has 3 aromatic rings. The summed E-state index contributed by atoms with van der Waals surface area (Å²) < 4.78 is 7.47. The average molecular weight is 382 g/mol. The fraction of sp³-hybridized carbons (Fsp3) is 0.381. The molecule has 0 aliphatic heterocycles. The largest absolute Gasteiger partial charge is 0.431 e. The second-order valence-electron chi connectivity index (χ2n) is 6.72. The zero-order valence-electron chi connectivity index (χ0n) is 16.5. The molecule has 3 rings (SSSR count). The molecule has 7 nitrogen and oxygen atoms in total. The van der Waals surface area contributed by atoms with E-state index < -0.39 is 0 Å². The highest BCUT2D eigenvalue weighted by atomic mass is 16.4. The van der Waals surface area contributed by atoms with Gasteiger partial charge in [0.1, 0.15) is 0 Å². The molecular weight excluding hydrogens is 356 g/mol. The molecule has 148 valence electrons. The van der Waals surface area contributed by atoms with Crippen molar-refractivity contribution >= 4 is 5.91 Å². The highest BCUT2D eigenvalue weighted by molar-refractivity contribution is 5.91. The second kappa shape index (κ2) is 8.84. The van der Waals surface area contributed by atoms with Crippen LogP contribution >= 0.6 is 0 Å². The summed E-state index contributed by atoms with van der Waals surface area (Å²) in [4.78, 5) is 16.6. The van der Waals surface area contributed by atoms with Crippen LogP contribution < -0.4 is 5.32 Å². The van der Waals surface area contributed by atoms with Crippen LogP contribution in [0.4, 0.5) is 0 Å². The summed E-state index contributed by atoms with van der Waals surface area (Å²) in [6.45, 7) is 6.53. The summed E-state index contributed by atoms with van der Waals surface area (Å²) >= 11 is 0. The Hall–Kier alpha value is -2.93. The van der Waals surface area contributed by atoms with Crippen LogP contribution in [0.5, 0.6) is 0 Å². The maximum Gasteiger partial charge on any atom is 0.288 e. The van der Waals surface area contributed by atoms with E-state index in [1.165, 1.54) is 6.20 Å². The molecule has 0 bridgehead atoms. The summed E-state index contributed by atoms with van der Waals surface area (Å²) in [5, 5.41) is 16.6. The molecule has 0 radical (unpaired) electrons. The lowest BCUT2D eigenvalue weighted by Gasteiger charge is -2.12. The van der Waals surface area contributed by atoms with Crippen molar-refractivity contribution in [2.45, 2.75) is 46.2 Å². The lowest BCUT2D eigenvalue weighted by molar-refractivity contribution is 0.0907. The SMILES string of the molecule is CCC(CC)NC(=O)c1cnc(-c2cccc(-c3cc(C)n(CCO)n3)c2)o1. The van der Waals surface area contributed by atoms with Gasteiger partial charge in [-0.1, -0.05) is 26.0 Å². The molecule has 7 heteroatoms. The number of carbonyl (C=O) groups is 1. The van der Waals surface area contributed by atoms with E-state index in [1.807, 2.05) is 51.1 Å². The van der Waals surface area contributed by atoms with Crippen LogP contribution in [0.2, 0.25) is 0 Å². The van der Waals surface area contributed by atoms with E-state index in [9.17, 15) is 4.79 Å². The summed E-state index contributed by atoms with van der Waals surface area (Å²) in [5.41, 5.74) is 3.48. The van der Waals surface area contributed by atoms with E-state index in [2.05, 4.69) is 15.4 Å². The second-order valence-corrected chi connectivity index (χ2v) is 6.72. The van der Waals surface area contributed by atoms with Gasteiger partial charge in [-0.05, 0) is 38.0 Å². The Morgan fingerprint density at radius 3 is 2.71 bits per heavy atom. The number of benzene rings is 1. The van der Waals surface area contributed by atoms with Crippen molar-refractivity contribution in [1.82, 2.24) is 20.1 Å². The number of hydrogen-bond donors (Lipinski definition) is 2. The Labute approximate surface area is 164 Å². The molecule has 0 atom stereocenters. The lowest BCUT2D eigenvalue weighted by atomic mass is 10.1. The van der Waals surface area contributed by atoms with E-state index in [0.717, 1.165) is 35.4 Å². The van der Waals surface area contributed by atoms with Crippen molar-refractivity contribution in [3.05, 3.63) is 48.0 Å². The average Bonchev–Trinajstić information content (AvgIpc) is 3.34. The molecular formula is C21H26N4O3. The monoisotopic (exact) mass is 382 g/mol. The highest BCUT2D eigenvalue weighted by Crippen LogP contribution is 2.26. The van der Waals surface area contributed by atoms with Crippen LogP contribution in [0.15, 0.2) is 40.9 Å². The Morgan fingerprint density at radius 1 is 1.25 bits per heavy atom. The standard InChI is InChI=1S/C21H26N4O3/c1-4-17(5-2)23-20(27)19-13-22-21(28-19)16-8-6-7-15(12-16)18-11-14(3)25(24-18)9-10-26/h6-8,11-13,17,26H,4-5,9-10H2,1-3H3,(H,23,27). The quantitative estimate of drug-likeness (QED) is 0.623. The highest BCUT2D eigenvalue weighted by Gasteiger charge is 2.17. The molecule has 0 saturated carbocycles. The van der Waals surface area contributed by atoms with Gasteiger partial charge in [-0.3, -0.25) is 9.48 Å². The van der Waals surface area contributed by atoms with Crippen molar-refractivity contribution in [3.8, 4) is 22.7 Å². The Bertz CT molecular complexity index is 941. The lowest BCUT2D eigenvalue weighted by Crippen LogP contribution is -2.33. The van der Waals surface area contributed by atoms with E-state index in [-0.39, 0.29) is 24.3 Å². The Morgan fingerprint density at radius 2 is 2.00 bits per heavy atom. The van der Waals surface area contributed by atoms with Gasteiger partial charge >= 0.3 is 0 Å². The third-order valence-corrected chi connectivity index (χ3v) is 4.75. The number of aliphatic hydroxyl groups excluding tert-OH is 1. The predicted molar refractivity (Wildman–Crippen MR) is 107 cm³/mol. The van der Waals surface area contributed by atoms with Crippen LogP contribution in [-0.4, -0.2) is 38.4 Å². The molecule has 0 aliphatic rings. The third-order valence-electron chi connectivity index (χ3n) is 4.75. The number of aryl methyl sites for hydroxylation is 1. The first-order valence-corrected chi connectivity index (χ1v) is 9.58. The van der Waals surface area contributed by atoms with Gasteiger partial charge in [0.05, 0.1) is 25.0 Å². The molecule has 2 heterocycles. The van der Waals surface area contributed by atoms with E-state index >= 15 is 0 Å². The third kappa shape index (κ3) is 4.31. The molecule has 0 unspecified atom stereocenters. The molecule has 2 aromatic heterocycles. The van der Waals surface area contributed by atoms with Crippen LogP contribution in [-0.2, 0) is 6.54 Å². The summed E-state index contributed by atoms with van der Waals surface area (Å²) in [6, 6.07) is 9.77. The predicted octanol–water partition coefficient (Wildman–Crippen LogP) is 3.42. The van der Waals surface area contributed by atoms with E-state index in [1.54, 1.807) is 4.68 Å². The van der Waals surface area contributed by atoms with Crippen molar-refractivity contribution in [3.63, 3.8) is 0 Å². The van der Waals surface area contributed by atoms with Crippen molar-refractivity contribution in [2.75, 3.05) is 6.61 Å². The minimum absolute atomic E-state index is 0.0417. The number of oxazole rings is 1. The molecule has 0 fully saturated rings. The number of carbonyl (C=O) groups excluding carboxylic acids is 1. The van der Waals surface area contributed by atoms with Gasteiger partial charge in [0, 0.05) is 22.9 Å². The van der Waals surface area contributed by atoms with Crippen LogP contribution in [0.3, 0.4) is 0 Å². The molecule has 0 spiro atoms. The number of nitrogens with zero attached hydrogens (tertiary/aromatic N) is 3. The number of hydrogen-bond acceptors (Lipinski definition) is 5. The molecule has 1 amide bonds. The van der Waals surface area contributed by atoms with Gasteiger partial charge in [-0.25, -0.2) is 4.98 Å². The van der Waals surface area contributed by atoms with Gasteiger partial charge in [0.15, 0.2) is 0 Å². The fourth-order valence-corrected chi connectivity index (χ4v) is 3.05. The van der Waals surface area contributed by atoms with Gasteiger partial charge in [0.25, 0.3) is 5.91 Å².